The molecule has 0 aliphatic rings. The lowest BCUT2D eigenvalue weighted by Crippen LogP contribution is -2.21. The quantitative estimate of drug-likeness (QED) is 0.682. The summed E-state index contributed by atoms with van der Waals surface area (Å²) in [5.41, 5.74) is 6.70. The van der Waals surface area contributed by atoms with E-state index in [0.29, 0.717) is 21.0 Å². The fourth-order valence-electron chi connectivity index (χ4n) is 1.27. The molecule has 15 heavy (non-hydrogen) atoms. The van der Waals surface area contributed by atoms with E-state index in [1.165, 1.54) is 14.1 Å². The number of thiophene rings is 1. The van der Waals surface area contributed by atoms with Gasteiger partial charge in [0, 0.05) is 14.1 Å². The first-order chi connectivity index (χ1) is 7.02. The fourth-order valence-corrected chi connectivity index (χ4v) is 2.29. The number of carbonyl (C=O) groups excluding carboxylic acids is 2. The lowest BCUT2D eigenvalue weighted by Gasteiger charge is -2.00. The Labute approximate surface area is 91.7 Å². The Balaban J connectivity index is 3.26. The highest BCUT2D eigenvalue weighted by molar-refractivity contribution is 7.18. The number of anilines is 1. The van der Waals surface area contributed by atoms with Gasteiger partial charge in [0.25, 0.3) is 11.8 Å². The molecule has 0 radical (unpaired) electrons. The van der Waals surface area contributed by atoms with Crippen LogP contribution >= 0.6 is 11.3 Å². The van der Waals surface area contributed by atoms with Crippen LogP contribution < -0.4 is 16.4 Å². The minimum atomic E-state index is -0.267. The Bertz CT molecular complexity index is 412. The number of hydrogen-bond acceptors (Lipinski definition) is 4. The van der Waals surface area contributed by atoms with Gasteiger partial charge < -0.3 is 16.4 Å². The first-order valence-electron chi connectivity index (χ1n) is 4.36. The van der Waals surface area contributed by atoms with Crippen molar-refractivity contribution < 1.29 is 9.59 Å². The summed E-state index contributed by atoms with van der Waals surface area (Å²) in [5.74, 6) is -0.490. The molecule has 0 bridgehead atoms. The highest BCUT2D eigenvalue weighted by Gasteiger charge is 2.21. The molecule has 82 valence electrons. The third-order valence-corrected chi connectivity index (χ3v) is 3.18. The zero-order chi connectivity index (χ0) is 11.6. The Morgan fingerprint density at radius 3 is 2.20 bits per heavy atom. The van der Waals surface area contributed by atoms with Crippen molar-refractivity contribution in [2.75, 3.05) is 19.8 Å². The van der Waals surface area contributed by atoms with Crippen molar-refractivity contribution in [2.24, 2.45) is 0 Å². The number of nitrogen functional groups attached to an aromatic ring is 1. The lowest BCUT2D eigenvalue weighted by atomic mass is 10.1. The molecule has 1 aromatic rings. The molecule has 0 saturated carbocycles. The number of rotatable bonds is 2. The molecule has 1 heterocycles. The second-order valence-corrected chi connectivity index (χ2v) is 4.01. The topological polar surface area (TPSA) is 84.2 Å². The van der Waals surface area contributed by atoms with Gasteiger partial charge in [0.15, 0.2) is 0 Å². The summed E-state index contributed by atoms with van der Waals surface area (Å²) in [7, 11) is 3.07. The van der Waals surface area contributed by atoms with Crippen LogP contribution in [0.5, 0.6) is 0 Å². The molecule has 0 fully saturated rings. The van der Waals surface area contributed by atoms with E-state index in [4.69, 9.17) is 5.73 Å². The summed E-state index contributed by atoms with van der Waals surface area (Å²) < 4.78 is 0. The fraction of sp³-hybridized carbons (Fsp3) is 0.333. The molecule has 6 heteroatoms. The van der Waals surface area contributed by atoms with Crippen LogP contribution in [0.15, 0.2) is 0 Å². The van der Waals surface area contributed by atoms with Gasteiger partial charge >= 0.3 is 0 Å². The smallest absolute Gasteiger partial charge is 0.261 e. The number of carbonyl (C=O) groups is 2. The maximum atomic E-state index is 11.5. The van der Waals surface area contributed by atoms with Crippen molar-refractivity contribution in [2.45, 2.75) is 6.92 Å². The average Bonchev–Trinajstić information content (AvgIpc) is 2.52. The van der Waals surface area contributed by atoms with Crippen molar-refractivity contribution >= 4 is 28.2 Å². The predicted molar refractivity (Wildman–Crippen MR) is 60.2 cm³/mol. The summed E-state index contributed by atoms with van der Waals surface area (Å²) in [6, 6.07) is 0. The standard InChI is InChI=1S/C9H13N3O2S/c1-4-5(8(13)11-2)7(10)15-6(4)9(14)12-3/h10H2,1-3H3,(H,11,13)(H,12,14). The van der Waals surface area contributed by atoms with Crippen LogP contribution in [-0.4, -0.2) is 25.9 Å². The second-order valence-electron chi connectivity index (χ2n) is 2.95. The van der Waals surface area contributed by atoms with Crippen LogP contribution in [0.4, 0.5) is 5.00 Å². The van der Waals surface area contributed by atoms with Crippen molar-refractivity contribution in [3.05, 3.63) is 16.0 Å². The first-order valence-corrected chi connectivity index (χ1v) is 5.17. The van der Waals surface area contributed by atoms with Crippen LogP contribution in [-0.2, 0) is 0 Å². The molecule has 1 aromatic heterocycles. The van der Waals surface area contributed by atoms with E-state index < -0.39 is 0 Å². The van der Waals surface area contributed by atoms with Crippen molar-refractivity contribution in [3.8, 4) is 0 Å². The Morgan fingerprint density at radius 1 is 1.20 bits per heavy atom. The summed E-state index contributed by atoms with van der Waals surface area (Å²) in [4.78, 5) is 23.4. The van der Waals surface area contributed by atoms with Crippen LogP contribution in [0.2, 0.25) is 0 Å². The van der Waals surface area contributed by atoms with E-state index >= 15 is 0 Å². The molecular weight excluding hydrogens is 214 g/mol. The van der Waals surface area contributed by atoms with Gasteiger partial charge in [-0.3, -0.25) is 9.59 Å². The molecular formula is C9H13N3O2S. The number of hydrogen-bond donors (Lipinski definition) is 3. The van der Waals surface area contributed by atoms with Crippen LogP contribution in [0, 0.1) is 6.92 Å². The van der Waals surface area contributed by atoms with Gasteiger partial charge in [-0.25, -0.2) is 0 Å². The highest BCUT2D eigenvalue weighted by atomic mass is 32.1. The van der Waals surface area contributed by atoms with E-state index in [0.717, 1.165) is 11.3 Å². The molecule has 0 spiro atoms. The monoisotopic (exact) mass is 227 g/mol. The van der Waals surface area contributed by atoms with Crippen LogP contribution in [0.25, 0.3) is 0 Å². The Kier molecular flexibility index (Phi) is 3.31. The maximum absolute atomic E-state index is 11.5. The third-order valence-electron chi connectivity index (χ3n) is 2.06. The zero-order valence-electron chi connectivity index (χ0n) is 8.80. The average molecular weight is 227 g/mol. The summed E-state index contributed by atoms with van der Waals surface area (Å²) in [6.45, 7) is 1.71. The molecule has 0 atom stereocenters. The van der Waals surface area contributed by atoms with Gasteiger partial charge in [0.05, 0.1) is 15.4 Å². The van der Waals surface area contributed by atoms with E-state index in [1.54, 1.807) is 6.92 Å². The normalized spacial score (nSPS) is 9.80. The van der Waals surface area contributed by atoms with Gasteiger partial charge in [-0.1, -0.05) is 0 Å². The van der Waals surface area contributed by atoms with Crippen LogP contribution in [0.3, 0.4) is 0 Å². The van der Waals surface area contributed by atoms with Gasteiger partial charge in [-0.2, -0.15) is 0 Å². The Hall–Kier alpha value is -1.56. The van der Waals surface area contributed by atoms with Crippen molar-refractivity contribution in [1.82, 2.24) is 10.6 Å². The van der Waals surface area contributed by atoms with E-state index in [1.807, 2.05) is 0 Å². The first kappa shape index (κ1) is 11.5. The third kappa shape index (κ3) is 1.94. The van der Waals surface area contributed by atoms with E-state index in [2.05, 4.69) is 10.6 Å². The maximum Gasteiger partial charge on any atom is 0.261 e. The van der Waals surface area contributed by atoms with Gasteiger partial charge in [-0.05, 0) is 12.5 Å². The molecule has 0 aliphatic heterocycles. The van der Waals surface area contributed by atoms with Gasteiger partial charge in [-0.15, -0.1) is 11.3 Å². The van der Waals surface area contributed by atoms with Gasteiger partial charge in [0.1, 0.15) is 0 Å². The van der Waals surface area contributed by atoms with Gasteiger partial charge in [0.2, 0.25) is 0 Å². The highest BCUT2D eigenvalue weighted by Crippen LogP contribution is 2.30. The summed E-state index contributed by atoms with van der Waals surface area (Å²) in [6.07, 6.45) is 0. The molecule has 4 N–H and O–H groups in total. The Morgan fingerprint density at radius 2 is 1.73 bits per heavy atom. The van der Waals surface area contributed by atoms with E-state index in [9.17, 15) is 9.59 Å². The molecule has 0 saturated heterocycles. The molecule has 5 nitrogen and oxygen atoms in total. The minimum absolute atomic E-state index is 0.223. The van der Waals surface area contributed by atoms with Crippen molar-refractivity contribution in [3.63, 3.8) is 0 Å². The predicted octanol–water partition coefficient (Wildman–Crippen LogP) is 0.358. The zero-order valence-corrected chi connectivity index (χ0v) is 9.62. The summed E-state index contributed by atoms with van der Waals surface area (Å²) in [5, 5.41) is 5.36. The molecule has 2 amide bonds. The minimum Gasteiger partial charge on any atom is -0.390 e. The molecule has 0 unspecified atom stereocenters. The lowest BCUT2D eigenvalue weighted by molar-refractivity contribution is 0.0963. The molecule has 1 rings (SSSR count). The SMILES string of the molecule is CNC(=O)c1sc(N)c(C(=O)NC)c1C. The molecule has 0 aliphatic carbocycles. The van der Waals surface area contributed by atoms with Crippen molar-refractivity contribution in [1.29, 1.82) is 0 Å². The van der Waals surface area contributed by atoms with E-state index in [-0.39, 0.29) is 11.8 Å². The number of amides is 2. The number of nitrogens with two attached hydrogens (primary N) is 1. The molecule has 0 aromatic carbocycles. The second kappa shape index (κ2) is 4.31. The largest absolute Gasteiger partial charge is 0.390 e. The summed E-state index contributed by atoms with van der Waals surface area (Å²) >= 11 is 1.12. The number of nitrogens with one attached hydrogen (secondary N) is 2. The van der Waals surface area contributed by atoms with Crippen LogP contribution in [0.1, 0.15) is 25.6 Å².